The molecule has 2 heterocycles. The third kappa shape index (κ3) is 7.48. The molecule has 1 aliphatic rings. The van der Waals surface area contributed by atoms with Crippen LogP contribution in [0, 0.1) is 5.92 Å². The maximum absolute atomic E-state index is 12.7. The SMILES string of the molecule is CC[C@H](C)[C@@H](NC(=O)OC(C)(C)C)C(=O)NCc1ccc(N2CCO[C@@H](C)C2)nc1. The highest BCUT2D eigenvalue weighted by atomic mass is 16.6. The van der Waals surface area contributed by atoms with Gasteiger partial charge in [-0.25, -0.2) is 9.78 Å². The van der Waals surface area contributed by atoms with Gasteiger partial charge in [0, 0.05) is 25.8 Å². The Hall–Kier alpha value is -2.35. The average Bonchev–Trinajstić information content (AvgIpc) is 2.68. The van der Waals surface area contributed by atoms with Gasteiger partial charge in [0.15, 0.2) is 0 Å². The van der Waals surface area contributed by atoms with E-state index in [-0.39, 0.29) is 17.9 Å². The maximum atomic E-state index is 12.7. The molecule has 1 aliphatic heterocycles. The molecule has 0 aromatic carbocycles. The topological polar surface area (TPSA) is 92.8 Å². The van der Waals surface area contributed by atoms with Gasteiger partial charge in [-0.2, -0.15) is 0 Å². The molecule has 30 heavy (non-hydrogen) atoms. The molecular formula is C22H36N4O4. The number of nitrogens with one attached hydrogen (secondary N) is 2. The highest BCUT2D eigenvalue weighted by molar-refractivity contribution is 5.85. The molecule has 0 bridgehead atoms. The number of aromatic nitrogens is 1. The Balaban J connectivity index is 1.93. The predicted molar refractivity (Wildman–Crippen MR) is 116 cm³/mol. The molecule has 0 saturated carbocycles. The first-order chi connectivity index (χ1) is 14.1. The summed E-state index contributed by atoms with van der Waals surface area (Å²) in [6.45, 7) is 14.0. The van der Waals surface area contributed by atoms with Crippen molar-refractivity contribution in [3.63, 3.8) is 0 Å². The number of amides is 2. The number of ether oxygens (including phenoxy) is 2. The summed E-state index contributed by atoms with van der Waals surface area (Å²) in [7, 11) is 0. The van der Waals surface area contributed by atoms with Gasteiger partial charge < -0.3 is 25.0 Å². The van der Waals surface area contributed by atoms with Crippen molar-refractivity contribution in [2.24, 2.45) is 5.92 Å². The second-order valence-electron chi connectivity index (χ2n) is 8.88. The smallest absolute Gasteiger partial charge is 0.408 e. The zero-order chi connectivity index (χ0) is 22.3. The van der Waals surface area contributed by atoms with Crippen molar-refractivity contribution >= 4 is 17.8 Å². The zero-order valence-electron chi connectivity index (χ0n) is 19.0. The van der Waals surface area contributed by atoms with Gasteiger partial charge in [0.2, 0.25) is 5.91 Å². The molecule has 1 fully saturated rings. The van der Waals surface area contributed by atoms with Gasteiger partial charge in [-0.05, 0) is 45.2 Å². The van der Waals surface area contributed by atoms with Crippen LogP contribution in [0.25, 0.3) is 0 Å². The molecule has 3 atom stereocenters. The van der Waals surface area contributed by atoms with Crippen molar-refractivity contribution < 1.29 is 19.1 Å². The molecule has 0 unspecified atom stereocenters. The van der Waals surface area contributed by atoms with Crippen molar-refractivity contribution in [1.82, 2.24) is 15.6 Å². The highest BCUT2D eigenvalue weighted by Crippen LogP contribution is 2.16. The van der Waals surface area contributed by atoms with E-state index in [2.05, 4.69) is 27.4 Å². The number of rotatable bonds is 7. The van der Waals surface area contributed by atoms with E-state index in [4.69, 9.17) is 9.47 Å². The van der Waals surface area contributed by atoms with Crippen LogP contribution < -0.4 is 15.5 Å². The average molecular weight is 421 g/mol. The zero-order valence-corrected chi connectivity index (χ0v) is 19.0. The van der Waals surface area contributed by atoms with Gasteiger partial charge in [0.1, 0.15) is 17.5 Å². The Morgan fingerprint density at radius 1 is 1.37 bits per heavy atom. The minimum absolute atomic E-state index is 0.0265. The van der Waals surface area contributed by atoms with Crippen LogP contribution in [0.5, 0.6) is 0 Å². The first-order valence-corrected chi connectivity index (χ1v) is 10.7. The summed E-state index contributed by atoms with van der Waals surface area (Å²) in [5.74, 6) is 0.645. The lowest BCUT2D eigenvalue weighted by Gasteiger charge is -2.32. The fourth-order valence-electron chi connectivity index (χ4n) is 3.17. The number of alkyl carbamates (subject to hydrolysis) is 1. The van der Waals surface area contributed by atoms with Gasteiger partial charge in [-0.1, -0.05) is 26.3 Å². The number of hydrogen-bond acceptors (Lipinski definition) is 6. The van der Waals surface area contributed by atoms with Gasteiger partial charge >= 0.3 is 6.09 Å². The van der Waals surface area contributed by atoms with Gasteiger partial charge in [0.05, 0.1) is 12.7 Å². The summed E-state index contributed by atoms with van der Waals surface area (Å²) in [6, 6.07) is 3.26. The quantitative estimate of drug-likeness (QED) is 0.705. The lowest BCUT2D eigenvalue weighted by molar-refractivity contribution is -0.124. The fraction of sp³-hybridized carbons (Fsp3) is 0.682. The number of hydrogen-bond donors (Lipinski definition) is 2. The number of carbonyl (C=O) groups excluding carboxylic acids is 2. The Kier molecular flexibility index (Phi) is 8.46. The number of morpholine rings is 1. The van der Waals surface area contributed by atoms with Crippen LogP contribution in [0.2, 0.25) is 0 Å². The third-order valence-corrected chi connectivity index (χ3v) is 5.01. The van der Waals surface area contributed by atoms with E-state index in [1.54, 1.807) is 27.0 Å². The highest BCUT2D eigenvalue weighted by Gasteiger charge is 2.28. The molecular weight excluding hydrogens is 384 g/mol. The number of pyridine rings is 1. The molecule has 1 aromatic rings. The number of carbonyl (C=O) groups is 2. The van der Waals surface area contributed by atoms with Crippen LogP contribution in [0.15, 0.2) is 18.3 Å². The molecule has 8 heteroatoms. The molecule has 0 spiro atoms. The first-order valence-electron chi connectivity index (χ1n) is 10.7. The summed E-state index contributed by atoms with van der Waals surface area (Å²) < 4.78 is 10.9. The maximum Gasteiger partial charge on any atom is 0.408 e. The van der Waals surface area contributed by atoms with Crippen molar-refractivity contribution in [3.05, 3.63) is 23.9 Å². The standard InChI is InChI=1S/C22H36N4O4/c1-7-15(2)19(25-21(28)30-22(4,5)6)20(27)24-13-17-8-9-18(23-12-17)26-10-11-29-16(3)14-26/h8-9,12,15-16,19H,7,10-11,13-14H2,1-6H3,(H,24,27)(H,25,28)/t15-,16-,19+/m0/s1. The molecule has 2 N–H and O–H groups in total. The summed E-state index contributed by atoms with van der Waals surface area (Å²) in [4.78, 5) is 31.6. The molecule has 2 amide bonds. The first kappa shape index (κ1) is 23.9. The number of nitrogens with zero attached hydrogens (tertiary/aromatic N) is 2. The van der Waals surface area contributed by atoms with E-state index in [1.165, 1.54) is 0 Å². The molecule has 168 valence electrons. The van der Waals surface area contributed by atoms with Gasteiger partial charge in [0.25, 0.3) is 0 Å². The summed E-state index contributed by atoms with van der Waals surface area (Å²) >= 11 is 0. The molecule has 0 aliphatic carbocycles. The van der Waals surface area contributed by atoms with Gasteiger partial charge in [-0.15, -0.1) is 0 Å². The van der Waals surface area contributed by atoms with Crippen LogP contribution in [0.3, 0.4) is 0 Å². The van der Waals surface area contributed by atoms with E-state index < -0.39 is 17.7 Å². The van der Waals surface area contributed by atoms with Gasteiger partial charge in [-0.3, -0.25) is 4.79 Å². The minimum atomic E-state index is -0.660. The van der Waals surface area contributed by atoms with E-state index >= 15 is 0 Å². The van der Waals surface area contributed by atoms with E-state index in [0.29, 0.717) is 13.2 Å². The largest absolute Gasteiger partial charge is 0.444 e. The van der Waals surface area contributed by atoms with E-state index in [0.717, 1.165) is 30.9 Å². The van der Waals surface area contributed by atoms with Crippen molar-refractivity contribution in [2.75, 3.05) is 24.6 Å². The van der Waals surface area contributed by atoms with Crippen LogP contribution in [-0.4, -0.2) is 54.4 Å². The molecule has 1 saturated heterocycles. The second-order valence-corrected chi connectivity index (χ2v) is 8.88. The second kappa shape index (κ2) is 10.6. The number of anilines is 1. The Bertz CT molecular complexity index is 702. The normalized spacial score (nSPS) is 19.0. The predicted octanol–water partition coefficient (Wildman–Crippen LogP) is 2.86. The van der Waals surface area contributed by atoms with Crippen molar-refractivity contribution in [3.8, 4) is 0 Å². The lowest BCUT2D eigenvalue weighted by atomic mass is 9.98. The van der Waals surface area contributed by atoms with Crippen LogP contribution in [0.4, 0.5) is 10.6 Å². The Morgan fingerprint density at radius 2 is 2.10 bits per heavy atom. The van der Waals surface area contributed by atoms with Crippen LogP contribution in [-0.2, 0) is 20.8 Å². The molecule has 2 rings (SSSR count). The van der Waals surface area contributed by atoms with Crippen LogP contribution >= 0.6 is 0 Å². The minimum Gasteiger partial charge on any atom is -0.444 e. The van der Waals surface area contributed by atoms with E-state index in [9.17, 15) is 9.59 Å². The lowest BCUT2D eigenvalue weighted by Crippen LogP contribution is -2.51. The summed E-state index contributed by atoms with van der Waals surface area (Å²) in [5.41, 5.74) is 0.278. The third-order valence-electron chi connectivity index (χ3n) is 5.01. The molecule has 0 radical (unpaired) electrons. The summed E-state index contributed by atoms with van der Waals surface area (Å²) in [5, 5.41) is 5.61. The summed E-state index contributed by atoms with van der Waals surface area (Å²) in [6.07, 6.45) is 2.13. The monoisotopic (exact) mass is 420 g/mol. The Morgan fingerprint density at radius 3 is 2.67 bits per heavy atom. The van der Waals surface area contributed by atoms with E-state index in [1.807, 2.05) is 26.0 Å². The van der Waals surface area contributed by atoms with Crippen molar-refractivity contribution in [1.29, 1.82) is 0 Å². The van der Waals surface area contributed by atoms with Crippen molar-refractivity contribution in [2.45, 2.75) is 72.3 Å². The van der Waals surface area contributed by atoms with Crippen LogP contribution in [0.1, 0.15) is 53.5 Å². The Labute approximate surface area is 179 Å². The fourth-order valence-corrected chi connectivity index (χ4v) is 3.17. The molecule has 1 aromatic heterocycles. The molecule has 8 nitrogen and oxygen atoms in total.